The molecule has 1 saturated carbocycles. The quantitative estimate of drug-likeness (QED) is 0.296. The van der Waals surface area contributed by atoms with Crippen LogP contribution in [0.2, 0.25) is 0 Å². The Bertz CT molecular complexity index is 667. The molecule has 8 heteroatoms. The molecular formula is C22H38IN5OS. The van der Waals surface area contributed by atoms with Crippen molar-refractivity contribution < 1.29 is 4.79 Å². The number of nitrogens with one attached hydrogen (secondary N) is 2. The summed E-state index contributed by atoms with van der Waals surface area (Å²) in [6.45, 7) is 6.63. The minimum atomic E-state index is -0.325. The number of carbonyl (C=O) groups is 1. The molecule has 1 aliphatic heterocycles. The molecule has 30 heavy (non-hydrogen) atoms. The maximum Gasteiger partial charge on any atom is 0.230 e. The van der Waals surface area contributed by atoms with Gasteiger partial charge in [-0.25, -0.2) is 0 Å². The maximum atomic E-state index is 12.8. The smallest absolute Gasteiger partial charge is 0.230 e. The van der Waals surface area contributed by atoms with Gasteiger partial charge in [0.1, 0.15) is 0 Å². The zero-order chi connectivity index (χ0) is 20.7. The van der Waals surface area contributed by atoms with Gasteiger partial charge in [0.05, 0.1) is 18.0 Å². The molecule has 3 rings (SSSR count). The highest BCUT2D eigenvalue weighted by molar-refractivity contribution is 14.0. The molecule has 0 aromatic carbocycles. The van der Waals surface area contributed by atoms with Gasteiger partial charge in [-0.1, -0.05) is 18.9 Å². The van der Waals surface area contributed by atoms with E-state index < -0.39 is 0 Å². The Hall–Kier alpha value is -0.870. The molecule has 2 fully saturated rings. The second-order valence-electron chi connectivity index (χ2n) is 8.54. The summed E-state index contributed by atoms with van der Waals surface area (Å²) in [5.41, 5.74) is -0.325. The number of guanidine groups is 1. The lowest BCUT2D eigenvalue weighted by Gasteiger charge is -2.30. The molecule has 170 valence electrons. The number of hydrogen-bond acceptors (Lipinski definition) is 4. The van der Waals surface area contributed by atoms with Crippen molar-refractivity contribution in [2.24, 2.45) is 10.4 Å². The fraction of sp³-hybridized carbons (Fsp3) is 0.727. The van der Waals surface area contributed by atoms with Crippen molar-refractivity contribution in [1.82, 2.24) is 20.4 Å². The Kier molecular flexibility index (Phi) is 10.4. The number of halogens is 1. The summed E-state index contributed by atoms with van der Waals surface area (Å²) in [6.07, 6.45) is 6.69. The van der Waals surface area contributed by atoms with E-state index in [1.54, 1.807) is 4.90 Å². The first-order chi connectivity index (χ1) is 14.1. The van der Waals surface area contributed by atoms with Crippen LogP contribution in [-0.4, -0.2) is 68.5 Å². The number of nitrogens with zero attached hydrogens (tertiary/aromatic N) is 3. The van der Waals surface area contributed by atoms with Gasteiger partial charge in [0.25, 0.3) is 0 Å². The molecule has 0 spiro atoms. The van der Waals surface area contributed by atoms with Crippen LogP contribution in [0.5, 0.6) is 0 Å². The van der Waals surface area contributed by atoms with Gasteiger partial charge in [-0.15, -0.1) is 35.3 Å². The summed E-state index contributed by atoms with van der Waals surface area (Å²) in [5, 5.41) is 9.12. The number of thiophene rings is 1. The second-order valence-corrected chi connectivity index (χ2v) is 9.52. The topological polar surface area (TPSA) is 60.0 Å². The number of hydrogen-bond donors (Lipinski definition) is 2. The lowest BCUT2D eigenvalue weighted by Crippen LogP contribution is -2.44. The van der Waals surface area contributed by atoms with Gasteiger partial charge >= 0.3 is 0 Å². The molecule has 1 aromatic rings. The van der Waals surface area contributed by atoms with Gasteiger partial charge in [-0.05, 0) is 57.1 Å². The van der Waals surface area contributed by atoms with Crippen molar-refractivity contribution in [3.05, 3.63) is 22.4 Å². The van der Waals surface area contributed by atoms with Crippen LogP contribution in [0.1, 0.15) is 56.4 Å². The number of carbonyl (C=O) groups excluding carboxylic acids is 1. The van der Waals surface area contributed by atoms with Crippen LogP contribution in [0.3, 0.4) is 0 Å². The van der Waals surface area contributed by atoms with Gasteiger partial charge in [-0.2, -0.15) is 0 Å². The molecule has 2 aliphatic rings. The van der Waals surface area contributed by atoms with Gasteiger partial charge in [-0.3, -0.25) is 14.7 Å². The zero-order valence-electron chi connectivity index (χ0n) is 18.7. The molecule has 0 radical (unpaired) electrons. The predicted molar refractivity (Wildman–Crippen MR) is 137 cm³/mol. The fourth-order valence-electron chi connectivity index (χ4n) is 4.67. The highest BCUT2D eigenvalue weighted by Gasteiger charge is 2.42. The molecule has 1 atom stereocenters. The molecule has 0 bridgehead atoms. The number of rotatable bonds is 8. The van der Waals surface area contributed by atoms with Crippen LogP contribution in [0.25, 0.3) is 0 Å². The van der Waals surface area contributed by atoms with Crippen LogP contribution in [0.15, 0.2) is 22.5 Å². The highest BCUT2D eigenvalue weighted by Crippen LogP contribution is 2.39. The average Bonchev–Trinajstić information content (AvgIpc) is 3.49. The van der Waals surface area contributed by atoms with Crippen LogP contribution in [0.4, 0.5) is 0 Å². The van der Waals surface area contributed by atoms with Crippen LogP contribution < -0.4 is 10.6 Å². The number of likely N-dealkylation sites (tertiary alicyclic amines) is 1. The summed E-state index contributed by atoms with van der Waals surface area (Å²) in [7, 11) is 3.72. The third kappa shape index (κ3) is 6.32. The third-order valence-corrected chi connectivity index (χ3v) is 7.19. The molecule has 6 nitrogen and oxygen atoms in total. The molecule has 2 heterocycles. The molecule has 1 amide bonds. The van der Waals surface area contributed by atoms with Crippen molar-refractivity contribution >= 4 is 47.2 Å². The summed E-state index contributed by atoms with van der Waals surface area (Å²) >= 11 is 1.83. The van der Waals surface area contributed by atoms with E-state index in [9.17, 15) is 4.79 Å². The monoisotopic (exact) mass is 547 g/mol. The second kappa shape index (κ2) is 12.2. The largest absolute Gasteiger partial charge is 0.357 e. The molecule has 1 aromatic heterocycles. The highest BCUT2D eigenvalue weighted by atomic mass is 127. The normalized spacial score (nSPS) is 19.9. The third-order valence-electron chi connectivity index (χ3n) is 6.22. The fourth-order valence-corrected chi connectivity index (χ4v) is 5.54. The summed E-state index contributed by atoms with van der Waals surface area (Å²) in [5.74, 6) is 1.05. The van der Waals surface area contributed by atoms with E-state index in [0.29, 0.717) is 12.6 Å². The Labute approximate surface area is 202 Å². The van der Waals surface area contributed by atoms with E-state index >= 15 is 0 Å². The molecule has 1 aliphatic carbocycles. The first-order valence-electron chi connectivity index (χ1n) is 11.1. The minimum Gasteiger partial charge on any atom is -0.357 e. The lowest BCUT2D eigenvalue weighted by molar-refractivity contribution is -0.138. The Morgan fingerprint density at radius 1 is 1.23 bits per heavy atom. The van der Waals surface area contributed by atoms with Gasteiger partial charge in [0, 0.05) is 32.1 Å². The van der Waals surface area contributed by atoms with Gasteiger partial charge in [0.2, 0.25) is 5.91 Å². The average molecular weight is 548 g/mol. The van der Waals surface area contributed by atoms with Gasteiger partial charge in [0.15, 0.2) is 5.96 Å². The van der Waals surface area contributed by atoms with Crippen LogP contribution >= 0.6 is 35.3 Å². The van der Waals surface area contributed by atoms with E-state index in [4.69, 9.17) is 4.99 Å². The predicted octanol–water partition coefficient (Wildman–Crippen LogP) is 3.71. The molecular weight excluding hydrogens is 509 g/mol. The Morgan fingerprint density at radius 3 is 2.50 bits per heavy atom. The minimum absolute atomic E-state index is 0. The Balaban J connectivity index is 0.00000320. The first kappa shape index (κ1) is 25.4. The summed E-state index contributed by atoms with van der Waals surface area (Å²) < 4.78 is 0. The van der Waals surface area contributed by atoms with Crippen LogP contribution in [0, 0.1) is 5.41 Å². The maximum absolute atomic E-state index is 12.8. The van der Waals surface area contributed by atoms with E-state index in [2.05, 4.69) is 40.0 Å². The summed E-state index contributed by atoms with van der Waals surface area (Å²) in [6, 6.07) is 4.76. The van der Waals surface area contributed by atoms with Crippen LogP contribution in [-0.2, 0) is 4.79 Å². The van der Waals surface area contributed by atoms with Crippen molar-refractivity contribution in [2.75, 3.05) is 46.8 Å². The zero-order valence-corrected chi connectivity index (χ0v) is 21.8. The van der Waals surface area contributed by atoms with E-state index in [1.807, 2.05) is 25.4 Å². The molecule has 1 unspecified atom stereocenters. The van der Waals surface area contributed by atoms with Gasteiger partial charge < -0.3 is 15.5 Å². The Morgan fingerprint density at radius 2 is 1.93 bits per heavy atom. The number of amides is 1. The van der Waals surface area contributed by atoms with Crippen molar-refractivity contribution in [3.8, 4) is 0 Å². The molecule has 1 saturated heterocycles. The van der Waals surface area contributed by atoms with Crippen molar-refractivity contribution in [1.29, 1.82) is 0 Å². The lowest BCUT2D eigenvalue weighted by atomic mass is 9.85. The van der Waals surface area contributed by atoms with Crippen molar-refractivity contribution in [3.63, 3.8) is 0 Å². The summed E-state index contributed by atoms with van der Waals surface area (Å²) in [4.78, 5) is 23.5. The van der Waals surface area contributed by atoms with E-state index in [1.165, 1.54) is 30.8 Å². The standard InChI is InChI=1S/C22H37N5OS.HI/c1-4-23-21(25-17-22(11-5-6-12-22)20(28)26(2)3)24-16-18(19-10-9-15-29-19)27-13-7-8-14-27;/h9-10,15,18H,4-8,11-14,16-17H2,1-3H3,(H2,23,24,25);1H. The van der Waals surface area contributed by atoms with E-state index in [-0.39, 0.29) is 35.3 Å². The SMILES string of the molecule is CCNC(=NCC1(C(=O)N(C)C)CCCC1)NCC(c1cccs1)N1CCCC1.I. The number of aliphatic imine (C=N–C) groups is 1. The van der Waals surface area contributed by atoms with E-state index in [0.717, 1.165) is 44.7 Å². The van der Waals surface area contributed by atoms with Crippen molar-refractivity contribution in [2.45, 2.75) is 51.5 Å². The first-order valence-corrected chi connectivity index (χ1v) is 11.9. The molecule has 2 N–H and O–H groups in total.